The van der Waals surface area contributed by atoms with Crippen molar-refractivity contribution in [1.29, 1.82) is 0 Å². The van der Waals surface area contributed by atoms with Crippen molar-refractivity contribution in [2.45, 2.75) is 32.1 Å². The minimum absolute atomic E-state index is 0.471. The van der Waals surface area contributed by atoms with Gasteiger partial charge < -0.3 is 10.5 Å². The molecule has 1 fully saturated rings. The summed E-state index contributed by atoms with van der Waals surface area (Å²) in [5, 5.41) is 0. The Bertz CT molecular complexity index is 376. The predicted molar refractivity (Wildman–Crippen MR) is 74.4 cm³/mol. The molecule has 94 valence electrons. The Labute approximate surface area is 112 Å². The van der Waals surface area contributed by atoms with Crippen LogP contribution >= 0.6 is 15.9 Å². The van der Waals surface area contributed by atoms with Crippen molar-refractivity contribution in [2.75, 3.05) is 13.2 Å². The van der Waals surface area contributed by atoms with E-state index in [0.29, 0.717) is 5.92 Å². The first-order valence-electron chi connectivity index (χ1n) is 6.33. The highest BCUT2D eigenvalue weighted by molar-refractivity contribution is 9.10. The fourth-order valence-electron chi connectivity index (χ4n) is 1.92. The minimum Gasteiger partial charge on any atom is -0.492 e. The van der Waals surface area contributed by atoms with E-state index in [1.807, 2.05) is 6.07 Å². The first kappa shape index (κ1) is 12.9. The molecule has 2 N–H and O–H groups in total. The van der Waals surface area contributed by atoms with Gasteiger partial charge in [0.05, 0.1) is 11.1 Å². The number of rotatable bonds is 6. The Balaban J connectivity index is 2.07. The molecule has 0 heterocycles. The predicted octanol–water partition coefficient (Wildman–Crippen LogP) is 3.69. The zero-order chi connectivity index (χ0) is 12.3. The van der Waals surface area contributed by atoms with E-state index in [1.165, 1.54) is 18.4 Å². The molecule has 0 aliphatic heterocycles. The third-order valence-corrected chi connectivity index (χ3v) is 4.14. The Hall–Kier alpha value is -0.540. The monoisotopic (exact) mass is 297 g/mol. The molecule has 0 radical (unpaired) electrons. The van der Waals surface area contributed by atoms with Crippen LogP contribution in [0.4, 0.5) is 0 Å². The lowest BCUT2D eigenvalue weighted by Gasteiger charge is -2.16. The van der Waals surface area contributed by atoms with Crippen LogP contribution in [0.2, 0.25) is 0 Å². The smallest absolute Gasteiger partial charge is 0.133 e. The first-order chi connectivity index (χ1) is 8.22. The highest BCUT2D eigenvalue weighted by atomic mass is 79.9. The van der Waals surface area contributed by atoms with Crippen molar-refractivity contribution in [1.82, 2.24) is 0 Å². The normalized spacial score (nSPS) is 16.9. The molecule has 1 atom stereocenters. The highest BCUT2D eigenvalue weighted by Crippen LogP contribution is 2.36. The second-order valence-corrected chi connectivity index (χ2v) is 5.69. The lowest BCUT2D eigenvalue weighted by molar-refractivity contribution is 0.297. The molecule has 2 rings (SSSR count). The Kier molecular flexibility index (Phi) is 4.46. The number of halogens is 1. The minimum atomic E-state index is 0.471. The summed E-state index contributed by atoms with van der Waals surface area (Å²) in [4.78, 5) is 0. The van der Waals surface area contributed by atoms with Crippen molar-refractivity contribution >= 4 is 15.9 Å². The van der Waals surface area contributed by atoms with Crippen molar-refractivity contribution in [3.05, 3.63) is 28.2 Å². The molecule has 1 aromatic rings. The number of hydrogen-bond acceptors (Lipinski definition) is 2. The van der Waals surface area contributed by atoms with Gasteiger partial charge in [0.2, 0.25) is 0 Å². The van der Waals surface area contributed by atoms with E-state index < -0.39 is 0 Å². The number of nitrogens with two attached hydrogens (primary N) is 1. The molecule has 17 heavy (non-hydrogen) atoms. The van der Waals surface area contributed by atoms with Crippen LogP contribution in [0.5, 0.6) is 5.75 Å². The second kappa shape index (κ2) is 5.87. The number of benzene rings is 1. The molecule has 0 amide bonds. The van der Waals surface area contributed by atoms with E-state index in [9.17, 15) is 0 Å². The molecule has 1 aliphatic rings. The summed E-state index contributed by atoms with van der Waals surface area (Å²) in [6.45, 7) is 3.78. The molecule has 1 unspecified atom stereocenters. The fourth-order valence-corrected chi connectivity index (χ4v) is 2.69. The molecule has 0 saturated heterocycles. The topological polar surface area (TPSA) is 35.2 Å². The summed E-state index contributed by atoms with van der Waals surface area (Å²) in [5.41, 5.74) is 6.91. The molecule has 3 heteroatoms. The van der Waals surface area contributed by atoms with E-state index >= 15 is 0 Å². The van der Waals surface area contributed by atoms with Gasteiger partial charge >= 0.3 is 0 Å². The van der Waals surface area contributed by atoms with E-state index in [4.69, 9.17) is 10.5 Å². The summed E-state index contributed by atoms with van der Waals surface area (Å²) in [6, 6.07) is 6.24. The maximum atomic E-state index is 5.85. The zero-order valence-electron chi connectivity index (χ0n) is 10.3. The van der Waals surface area contributed by atoms with Crippen molar-refractivity contribution in [3.8, 4) is 5.75 Å². The van der Waals surface area contributed by atoms with Gasteiger partial charge in [-0.1, -0.05) is 19.1 Å². The first-order valence-corrected chi connectivity index (χ1v) is 7.13. The van der Waals surface area contributed by atoms with Crippen molar-refractivity contribution in [3.63, 3.8) is 0 Å². The molecule has 2 nitrogen and oxygen atoms in total. The average molecular weight is 298 g/mol. The van der Waals surface area contributed by atoms with Gasteiger partial charge in [0.1, 0.15) is 5.75 Å². The number of hydrogen-bond donors (Lipinski definition) is 1. The van der Waals surface area contributed by atoms with Crippen LogP contribution in [-0.2, 0) is 0 Å². The molecule has 0 spiro atoms. The summed E-state index contributed by atoms with van der Waals surface area (Å²) >= 11 is 3.66. The zero-order valence-corrected chi connectivity index (χ0v) is 11.9. The van der Waals surface area contributed by atoms with Crippen LogP contribution < -0.4 is 10.5 Å². The van der Waals surface area contributed by atoms with Gasteiger partial charge in [0.15, 0.2) is 0 Å². The van der Waals surface area contributed by atoms with Crippen LogP contribution in [-0.4, -0.2) is 13.2 Å². The Morgan fingerprint density at radius 1 is 1.47 bits per heavy atom. The summed E-state index contributed by atoms with van der Waals surface area (Å²) in [5.74, 6) is 2.23. The molecular weight excluding hydrogens is 278 g/mol. The summed E-state index contributed by atoms with van der Waals surface area (Å²) < 4.78 is 6.95. The molecule has 1 aromatic carbocycles. The quantitative estimate of drug-likeness (QED) is 0.869. The van der Waals surface area contributed by atoms with Crippen LogP contribution in [0.15, 0.2) is 22.7 Å². The number of ether oxygens (including phenoxy) is 1. The summed E-state index contributed by atoms with van der Waals surface area (Å²) in [7, 11) is 0. The van der Waals surface area contributed by atoms with Gasteiger partial charge in [0.25, 0.3) is 0 Å². The SMILES string of the molecule is CC(CCN)c1cccc(OCC2CC2)c1Br. The Morgan fingerprint density at radius 3 is 2.88 bits per heavy atom. The van der Waals surface area contributed by atoms with Gasteiger partial charge in [-0.05, 0) is 65.2 Å². The highest BCUT2D eigenvalue weighted by Gasteiger charge is 2.22. The molecular formula is C14H20BrNO. The molecule has 0 aromatic heterocycles. The van der Waals surface area contributed by atoms with Gasteiger partial charge in [-0.25, -0.2) is 0 Å². The average Bonchev–Trinajstić information content (AvgIpc) is 3.12. The lowest BCUT2D eigenvalue weighted by atomic mass is 9.98. The molecule has 1 aliphatic carbocycles. The van der Waals surface area contributed by atoms with E-state index in [-0.39, 0.29) is 0 Å². The largest absolute Gasteiger partial charge is 0.492 e. The van der Waals surface area contributed by atoms with E-state index in [0.717, 1.165) is 35.7 Å². The van der Waals surface area contributed by atoms with Crippen LogP contribution in [0.3, 0.4) is 0 Å². The third kappa shape index (κ3) is 3.46. The van der Waals surface area contributed by atoms with Crippen LogP contribution in [0.25, 0.3) is 0 Å². The fraction of sp³-hybridized carbons (Fsp3) is 0.571. The standard InChI is InChI=1S/C14H20BrNO/c1-10(7-8-16)12-3-2-4-13(14(12)15)17-9-11-5-6-11/h2-4,10-11H,5-9,16H2,1H3. The van der Waals surface area contributed by atoms with Crippen LogP contribution in [0, 0.1) is 5.92 Å². The van der Waals surface area contributed by atoms with E-state index in [1.54, 1.807) is 0 Å². The van der Waals surface area contributed by atoms with Gasteiger partial charge in [0, 0.05) is 0 Å². The molecule has 0 bridgehead atoms. The van der Waals surface area contributed by atoms with Crippen molar-refractivity contribution in [2.24, 2.45) is 11.7 Å². The maximum absolute atomic E-state index is 5.85. The summed E-state index contributed by atoms with van der Waals surface area (Å²) in [6.07, 6.45) is 3.65. The van der Waals surface area contributed by atoms with E-state index in [2.05, 4.69) is 35.0 Å². The van der Waals surface area contributed by atoms with Crippen molar-refractivity contribution < 1.29 is 4.74 Å². The van der Waals surface area contributed by atoms with Gasteiger partial charge in [-0.15, -0.1) is 0 Å². The third-order valence-electron chi connectivity index (χ3n) is 3.30. The second-order valence-electron chi connectivity index (χ2n) is 4.89. The maximum Gasteiger partial charge on any atom is 0.133 e. The Morgan fingerprint density at radius 2 is 2.24 bits per heavy atom. The van der Waals surface area contributed by atoms with Gasteiger partial charge in [-0.3, -0.25) is 0 Å². The molecule has 1 saturated carbocycles. The lowest BCUT2D eigenvalue weighted by Crippen LogP contribution is -2.06. The van der Waals surface area contributed by atoms with Gasteiger partial charge in [-0.2, -0.15) is 0 Å². The van der Waals surface area contributed by atoms with Crippen LogP contribution in [0.1, 0.15) is 37.7 Å².